The second-order valence-corrected chi connectivity index (χ2v) is 8.43. The molecular formula is C15H13N5O5S2. The van der Waals surface area contributed by atoms with Crippen LogP contribution < -0.4 is 5.32 Å². The van der Waals surface area contributed by atoms with Crippen LogP contribution in [-0.4, -0.2) is 34.0 Å². The number of carbonyl (C=O) groups is 1. The maximum atomic E-state index is 12.6. The van der Waals surface area contributed by atoms with E-state index in [4.69, 9.17) is 0 Å². The zero-order chi connectivity index (χ0) is 19.6. The quantitative estimate of drug-likeness (QED) is 0.489. The third-order valence-electron chi connectivity index (χ3n) is 3.58. The molecular weight excluding hydrogens is 394 g/mol. The van der Waals surface area contributed by atoms with Gasteiger partial charge in [-0.3, -0.25) is 24.9 Å². The van der Waals surface area contributed by atoms with E-state index >= 15 is 0 Å². The van der Waals surface area contributed by atoms with Crippen molar-refractivity contribution in [1.82, 2.24) is 14.8 Å². The lowest BCUT2D eigenvalue weighted by molar-refractivity contribution is -0.384. The van der Waals surface area contributed by atoms with Crippen LogP contribution >= 0.6 is 11.3 Å². The summed E-state index contributed by atoms with van der Waals surface area (Å²) in [5, 5.41) is 17.3. The second-order valence-electron chi connectivity index (χ2n) is 5.23. The summed E-state index contributed by atoms with van der Waals surface area (Å²) in [6, 6.07) is 6.09. The lowest BCUT2D eigenvalue weighted by Gasteiger charge is -2.04. The zero-order valence-electron chi connectivity index (χ0n) is 13.9. The molecule has 2 heterocycles. The van der Waals surface area contributed by atoms with E-state index in [0.29, 0.717) is 12.2 Å². The number of hydrogen-bond acceptors (Lipinski definition) is 8. The van der Waals surface area contributed by atoms with Crippen molar-refractivity contribution in [3.8, 4) is 0 Å². The van der Waals surface area contributed by atoms with Gasteiger partial charge in [0.1, 0.15) is 9.90 Å². The number of anilines is 1. The van der Waals surface area contributed by atoms with E-state index in [9.17, 15) is 23.3 Å². The molecule has 12 heteroatoms. The number of rotatable bonds is 6. The number of nitro groups is 1. The van der Waals surface area contributed by atoms with Gasteiger partial charge >= 0.3 is 0 Å². The summed E-state index contributed by atoms with van der Waals surface area (Å²) in [6.07, 6.45) is 2.62. The molecule has 0 aliphatic rings. The van der Waals surface area contributed by atoms with Crippen molar-refractivity contribution in [2.24, 2.45) is 0 Å². The molecule has 0 radical (unpaired) electrons. The smallest absolute Gasteiger partial charge is 0.275 e. The highest BCUT2D eigenvalue weighted by atomic mass is 32.2. The normalized spacial score (nSPS) is 11.3. The average molecular weight is 407 g/mol. The van der Waals surface area contributed by atoms with E-state index in [-0.39, 0.29) is 19.9 Å². The van der Waals surface area contributed by atoms with Crippen molar-refractivity contribution in [3.63, 3.8) is 0 Å². The van der Waals surface area contributed by atoms with Gasteiger partial charge in [-0.25, -0.2) is 13.4 Å². The number of thiazole rings is 1. The van der Waals surface area contributed by atoms with Crippen LogP contribution in [-0.2, 0) is 16.4 Å². The van der Waals surface area contributed by atoms with Crippen molar-refractivity contribution >= 4 is 37.9 Å². The number of amides is 1. The number of aromatic nitrogens is 3. The molecule has 0 fully saturated rings. The highest BCUT2D eigenvalue weighted by Gasteiger charge is 2.23. The average Bonchev–Trinajstić information content (AvgIpc) is 3.31. The Balaban J connectivity index is 1.82. The molecule has 0 atom stereocenters. The number of benzene rings is 1. The van der Waals surface area contributed by atoms with E-state index in [2.05, 4.69) is 15.4 Å². The molecule has 140 valence electrons. The van der Waals surface area contributed by atoms with Gasteiger partial charge in [0, 0.05) is 24.9 Å². The first-order valence-electron chi connectivity index (χ1n) is 7.61. The predicted octanol–water partition coefficient (Wildman–Crippen LogP) is 2.35. The van der Waals surface area contributed by atoms with Crippen LogP contribution in [0.25, 0.3) is 0 Å². The lowest BCUT2D eigenvalue weighted by Crippen LogP contribution is -2.17. The first kappa shape index (κ1) is 18.7. The van der Waals surface area contributed by atoms with E-state index in [0.717, 1.165) is 41.8 Å². The van der Waals surface area contributed by atoms with Crippen LogP contribution in [0.2, 0.25) is 0 Å². The molecule has 1 N–H and O–H groups in total. The Morgan fingerprint density at radius 3 is 2.63 bits per heavy atom. The first-order valence-corrected chi connectivity index (χ1v) is 9.91. The van der Waals surface area contributed by atoms with E-state index in [1.807, 2.05) is 6.92 Å². The van der Waals surface area contributed by atoms with Gasteiger partial charge in [-0.15, -0.1) is 0 Å². The van der Waals surface area contributed by atoms with Crippen LogP contribution in [0.15, 0.2) is 51.8 Å². The maximum absolute atomic E-state index is 12.6. The van der Waals surface area contributed by atoms with Gasteiger partial charge in [-0.2, -0.15) is 5.10 Å². The summed E-state index contributed by atoms with van der Waals surface area (Å²) in [5.74, 6) is -0.456. The molecule has 3 rings (SSSR count). The lowest BCUT2D eigenvalue weighted by atomic mass is 10.3. The standard InChI is InChI=1S/C15H13N5O5S2/c1-2-19-12(7-8-17-19)14(21)18-15-16-9-13(26-15)27(24,25)11-5-3-10(4-6-11)20(22)23/h3-9H,2H2,1H3,(H,16,18,21). The van der Waals surface area contributed by atoms with Crippen molar-refractivity contribution in [2.45, 2.75) is 22.6 Å². The van der Waals surface area contributed by atoms with Gasteiger partial charge in [0.2, 0.25) is 9.84 Å². The topological polar surface area (TPSA) is 137 Å². The van der Waals surface area contributed by atoms with Crippen molar-refractivity contribution in [3.05, 3.63) is 58.5 Å². The maximum Gasteiger partial charge on any atom is 0.275 e. The molecule has 0 unspecified atom stereocenters. The van der Waals surface area contributed by atoms with Crippen molar-refractivity contribution < 1.29 is 18.1 Å². The van der Waals surface area contributed by atoms with Crippen LogP contribution in [0, 0.1) is 10.1 Å². The van der Waals surface area contributed by atoms with Crippen LogP contribution in [0.5, 0.6) is 0 Å². The minimum atomic E-state index is -3.90. The Labute approximate surface area is 157 Å². The van der Waals surface area contributed by atoms with Gasteiger partial charge < -0.3 is 0 Å². The Bertz CT molecular complexity index is 1100. The fraction of sp³-hybridized carbons (Fsp3) is 0.133. The van der Waals surface area contributed by atoms with E-state index in [1.54, 1.807) is 6.07 Å². The zero-order valence-corrected chi connectivity index (χ0v) is 15.5. The molecule has 0 aliphatic heterocycles. The molecule has 1 aromatic carbocycles. The third-order valence-corrected chi connectivity index (χ3v) is 6.72. The molecule has 1 amide bonds. The molecule has 0 saturated carbocycles. The Morgan fingerprint density at radius 1 is 1.30 bits per heavy atom. The Kier molecular flexibility index (Phi) is 5.01. The predicted molar refractivity (Wildman–Crippen MR) is 96.5 cm³/mol. The summed E-state index contributed by atoms with van der Waals surface area (Å²) in [4.78, 5) is 26.2. The Morgan fingerprint density at radius 2 is 2.00 bits per heavy atom. The van der Waals surface area contributed by atoms with Crippen LogP contribution in [0.1, 0.15) is 17.4 Å². The molecule has 0 saturated heterocycles. The van der Waals surface area contributed by atoms with Gasteiger partial charge in [0.15, 0.2) is 5.13 Å². The summed E-state index contributed by atoms with van der Waals surface area (Å²) in [7, 11) is -3.90. The number of carbonyl (C=O) groups excluding carboxylic acids is 1. The number of nitrogens with one attached hydrogen (secondary N) is 1. The minimum Gasteiger partial charge on any atom is -0.296 e. The SMILES string of the molecule is CCn1nccc1C(=O)Nc1ncc(S(=O)(=O)c2ccc([N+](=O)[O-])cc2)s1. The van der Waals surface area contributed by atoms with Crippen LogP contribution in [0.4, 0.5) is 10.8 Å². The largest absolute Gasteiger partial charge is 0.296 e. The van der Waals surface area contributed by atoms with Crippen molar-refractivity contribution in [1.29, 1.82) is 0 Å². The second kappa shape index (κ2) is 7.25. The summed E-state index contributed by atoms with van der Waals surface area (Å²) < 4.78 is 26.6. The summed E-state index contributed by atoms with van der Waals surface area (Å²) in [6.45, 7) is 2.34. The van der Waals surface area contributed by atoms with Gasteiger partial charge in [-0.05, 0) is 25.1 Å². The molecule has 0 bridgehead atoms. The molecule has 27 heavy (non-hydrogen) atoms. The summed E-state index contributed by atoms with van der Waals surface area (Å²) >= 11 is 0.790. The highest BCUT2D eigenvalue weighted by molar-refractivity contribution is 7.93. The fourth-order valence-corrected chi connectivity index (χ4v) is 4.67. The molecule has 0 spiro atoms. The Hall–Kier alpha value is -3.12. The number of nitrogens with zero attached hydrogens (tertiary/aromatic N) is 4. The van der Waals surface area contributed by atoms with E-state index < -0.39 is 20.7 Å². The van der Waals surface area contributed by atoms with Gasteiger partial charge in [0.25, 0.3) is 11.6 Å². The molecule has 10 nitrogen and oxygen atoms in total. The van der Waals surface area contributed by atoms with Crippen LogP contribution in [0.3, 0.4) is 0 Å². The number of hydrogen-bond donors (Lipinski definition) is 1. The molecule has 0 aliphatic carbocycles. The highest BCUT2D eigenvalue weighted by Crippen LogP contribution is 2.29. The minimum absolute atomic E-state index is 0.0874. The van der Waals surface area contributed by atoms with Gasteiger partial charge in [0.05, 0.1) is 16.0 Å². The monoisotopic (exact) mass is 407 g/mol. The molecule has 3 aromatic rings. The van der Waals surface area contributed by atoms with E-state index in [1.165, 1.54) is 10.9 Å². The number of nitro benzene ring substituents is 1. The van der Waals surface area contributed by atoms with Gasteiger partial charge in [-0.1, -0.05) is 11.3 Å². The number of non-ortho nitro benzene ring substituents is 1. The fourth-order valence-electron chi connectivity index (χ4n) is 2.24. The first-order chi connectivity index (χ1) is 12.8. The van der Waals surface area contributed by atoms with Crippen molar-refractivity contribution in [2.75, 3.05) is 5.32 Å². The number of sulfone groups is 1. The third kappa shape index (κ3) is 3.71. The molecule has 2 aromatic heterocycles. The number of aryl methyl sites for hydroxylation is 1. The summed E-state index contributed by atoms with van der Waals surface area (Å²) in [5.41, 5.74) is 0.117.